The Labute approximate surface area is 200 Å². The van der Waals surface area contributed by atoms with Gasteiger partial charge in [0.2, 0.25) is 0 Å². The van der Waals surface area contributed by atoms with Gasteiger partial charge in [-0.3, -0.25) is 14.7 Å². The molecule has 3 aromatic carbocycles. The number of halogens is 3. The van der Waals surface area contributed by atoms with Crippen LogP contribution >= 0.6 is 0 Å². The van der Waals surface area contributed by atoms with Crippen LogP contribution in [0.5, 0.6) is 5.75 Å². The van der Waals surface area contributed by atoms with Crippen molar-refractivity contribution in [1.29, 1.82) is 0 Å². The first kappa shape index (κ1) is 22.7. The molecule has 35 heavy (non-hydrogen) atoms. The summed E-state index contributed by atoms with van der Waals surface area (Å²) in [5.74, 6) is 0.389. The van der Waals surface area contributed by atoms with Crippen LogP contribution in [0, 0.1) is 0 Å². The molecule has 1 unspecified atom stereocenters. The van der Waals surface area contributed by atoms with Crippen LogP contribution < -0.4 is 15.0 Å². The van der Waals surface area contributed by atoms with Crippen LogP contribution in [0.1, 0.15) is 22.7 Å². The molecule has 178 valence electrons. The molecule has 1 N–H and O–H groups in total. The van der Waals surface area contributed by atoms with E-state index in [1.807, 2.05) is 54.6 Å². The van der Waals surface area contributed by atoms with E-state index in [1.165, 1.54) is 17.0 Å². The van der Waals surface area contributed by atoms with Gasteiger partial charge in [0.05, 0.1) is 31.0 Å². The van der Waals surface area contributed by atoms with Gasteiger partial charge in [-0.25, -0.2) is 0 Å². The number of nitrogens with one attached hydrogen (secondary N) is 1. The molecular formula is C27H22F3N3O2. The lowest BCUT2D eigenvalue weighted by molar-refractivity contribution is -0.137. The summed E-state index contributed by atoms with van der Waals surface area (Å²) < 4.78 is 44.8. The normalized spacial score (nSPS) is 18.1. The van der Waals surface area contributed by atoms with Gasteiger partial charge in [0.15, 0.2) is 0 Å². The van der Waals surface area contributed by atoms with Crippen LogP contribution in [-0.2, 0) is 11.0 Å². The van der Waals surface area contributed by atoms with Crippen molar-refractivity contribution in [2.24, 2.45) is 4.99 Å². The van der Waals surface area contributed by atoms with Gasteiger partial charge in [-0.1, -0.05) is 30.3 Å². The van der Waals surface area contributed by atoms with E-state index in [9.17, 15) is 18.0 Å². The van der Waals surface area contributed by atoms with Crippen LogP contribution in [0.4, 0.5) is 18.9 Å². The first-order valence-electron chi connectivity index (χ1n) is 11.1. The Morgan fingerprint density at radius 1 is 0.971 bits per heavy atom. The number of nitrogens with zero attached hydrogens (tertiary/aromatic N) is 2. The molecule has 5 rings (SSSR count). The zero-order valence-electron chi connectivity index (χ0n) is 18.8. The van der Waals surface area contributed by atoms with E-state index in [0.29, 0.717) is 41.5 Å². The summed E-state index contributed by atoms with van der Waals surface area (Å²) in [6, 6.07) is 21.0. The van der Waals surface area contributed by atoms with Crippen molar-refractivity contribution >= 4 is 17.3 Å². The van der Waals surface area contributed by atoms with E-state index in [-0.39, 0.29) is 5.91 Å². The van der Waals surface area contributed by atoms with Gasteiger partial charge >= 0.3 is 6.18 Å². The van der Waals surface area contributed by atoms with Gasteiger partial charge in [0, 0.05) is 23.4 Å². The highest BCUT2D eigenvalue weighted by molar-refractivity contribution is 6.23. The molecule has 0 saturated carbocycles. The van der Waals surface area contributed by atoms with Gasteiger partial charge in [0.1, 0.15) is 11.4 Å². The molecule has 1 amide bonds. The Bertz CT molecular complexity index is 1300. The lowest BCUT2D eigenvalue weighted by Gasteiger charge is -2.28. The number of hydrogen-bond donors (Lipinski definition) is 1. The molecule has 2 aliphatic rings. The first-order chi connectivity index (χ1) is 16.9. The maximum atomic E-state index is 13.7. The lowest BCUT2D eigenvalue weighted by Crippen LogP contribution is -2.33. The van der Waals surface area contributed by atoms with Crippen molar-refractivity contribution < 1.29 is 22.7 Å². The number of rotatable bonds is 4. The van der Waals surface area contributed by atoms with Crippen LogP contribution in [0.15, 0.2) is 95.1 Å². The number of aliphatic imine (C=N–C) groups is 1. The number of benzene rings is 3. The van der Waals surface area contributed by atoms with Crippen LogP contribution in [0.3, 0.4) is 0 Å². The van der Waals surface area contributed by atoms with Crippen molar-refractivity contribution in [2.75, 3.05) is 25.1 Å². The summed E-state index contributed by atoms with van der Waals surface area (Å²) in [6.07, 6.45) is -4.46. The maximum absolute atomic E-state index is 13.7. The molecule has 0 aliphatic carbocycles. The Hall–Kier alpha value is -4.07. The highest BCUT2D eigenvalue weighted by Crippen LogP contribution is 2.43. The topological polar surface area (TPSA) is 53.9 Å². The fourth-order valence-corrected chi connectivity index (χ4v) is 4.50. The van der Waals surface area contributed by atoms with Crippen LogP contribution in [0.2, 0.25) is 0 Å². The number of amides is 1. The predicted molar refractivity (Wildman–Crippen MR) is 128 cm³/mol. The summed E-state index contributed by atoms with van der Waals surface area (Å²) in [5.41, 5.74) is 3.04. The molecule has 2 heterocycles. The quantitative estimate of drug-likeness (QED) is 0.566. The molecule has 0 aromatic heterocycles. The van der Waals surface area contributed by atoms with E-state index >= 15 is 0 Å². The van der Waals surface area contributed by atoms with E-state index < -0.39 is 17.8 Å². The second kappa shape index (κ2) is 8.94. The number of anilines is 1. The van der Waals surface area contributed by atoms with Crippen molar-refractivity contribution in [1.82, 2.24) is 5.32 Å². The van der Waals surface area contributed by atoms with E-state index in [4.69, 9.17) is 9.73 Å². The Kier molecular flexibility index (Phi) is 5.80. The van der Waals surface area contributed by atoms with Gasteiger partial charge < -0.3 is 10.1 Å². The lowest BCUT2D eigenvalue weighted by atomic mass is 9.91. The largest absolute Gasteiger partial charge is 0.497 e. The molecular weight excluding hydrogens is 455 g/mol. The zero-order chi connectivity index (χ0) is 24.6. The number of alkyl halides is 3. The minimum atomic E-state index is -4.46. The summed E-state index contributed by atoms with van der Waals surface area (Å²) in [6.45, 7) is 0.940. The fraction of sp³-hybridized carbons (Fsp3) is 0.185. The molecule has 0 spiro atoms. The van der Waals surface area contributed by atoms with Gasteiger partial charge in [-0.2, -0.15) is 13.2 Å². The third-order valence-electron chi connectivity index (χ3n) is 6.12. The molecule has 2 aliphatic heterocycles. The van der Waals surface area contributed by atoms with E-state index in [1.54, 1.807) is 7.11 Å². The average Bonchev–Trinajstić information content (AvgIpc) is 3.01. The predicted octanol–water partition coefficient (Wildman–Crippen LogP) is 5.15. The highest BCUT2D eigenvalue weighted by Gasteiger charge is 2.44. The molecule has 8 heteroatoms. The van der Waals surface area contributed by atoms with Crippen molar-refractivity contribution in [3.8, 4) is 5.75 Å². The highest BCUT2D eigenvalue weighted by atomic mass is 19.4. The van der Waals surface area contributed by atoms with Gasteiger partial charge in [-0.05, 0) is 54.1 Å². The van der Waals surface area contributed by atoms with Gasteiger partial charge in [-0.15, -0.1) is 0 Å². The maximum Gasteiger partial charge on any atom is 0.416 e. The molecule has 0 fully saturated rings. The molecule has 0 saturated heterocycles. The van der Waals surface area contributed by atoms with Gasteiger partial charge in [0.25, 0.3) is 5.91 Å². The summed E-state index contributed by atoms with van der Waals surface area (Å²) in [7, 11) is 1.59. The van der Waals surface area contributed by atoms with Crippen LogP contribution in [0.25, 0.3) is 0 Å². The minimum absolute atomic E-state index is 0.309. The molecule has 1 atom stereocenters. The van der Waals surface area contributed by atoms with Crippen molar-refractivity contribution in [3.63, 3.8) is 0 Å². The number of carbonyl (C=O) groups excluding carboxylic acids is 1. The second-order valence-corrected chi connectivity index (χ2v) is 8.21. The van der Waals surface area contributed by atoms with Crippen molar-refractivity contribution in [2.45, 2.75) is 12.2 Å². The fourth-order valence-electron chi connectivity index (χ4n) is 4.50. The molecule has 5 nitrogen and oxygen atoms in total. The minimum Gasteiger partial charge on any atom is -0.497 e. The SMILES string of the molecule is COc1ccc(C2=NCCNC3=C2C(c2ccccc2)N(c2ccc(C(F)(F)F)cc2)C3=O)cc1. The smallest absolute Gasteiger partial charge is 0.416 e. The number of carbonyl (C=O) groups is 1. The standard InChI is InChI=1S/C27H22F3N3O2/c1-35-21-13-7-17(8-14-21)23-22-24(32-16-15-31-23)26(34)33(25(22)18-5-3-2-4-6-18)20-11-9-19(10-12-20)27(28,29)30/h2-14,25,32H,15-16H2,1H3. The molecule has 0 bridgehead atoms. The number of ether oxygens (including phenoxy) is 1. The third kappa shape index (κ3) is 4.16. The Balaban J connectivity index is 1.65. The molecule has 0 radical (unpaired) electrons. The first-order valence-corrected chi connectivity index (χ1v) is 11.1. The van der Waals surface area contributed by atoms with E-state index in [0.717, 1.165) is 23.3 Å². The van der Waals surface area contributed by atoms with E-state index in [2.05, 4.69) is 5.32 Å². The second-order valence-electron chi connectivity index (χ2n) is 8.21. The number of hydrogen-bond acceptors (Lipinski definition) is 4. The number of methoxy groups -OCH3 is 1. The monoisotopic (exact) mass is 477 g/mol. The van der Waals surface area contributed by atoms with Crippen LogP contribution in [-0.4, -0.2) is 31.8 Å². The Morgan fingerprint density at radius 3 is 2.29 bits per heavy atom. The molecule has 3 aromatic rings. The van der Waals surface area contributed by atoms with Crippen molar-refractivity contribution in [3.05, 3.63) is 107 Å². The summed E-state index contributed by atoms with van der Waals surface area (Å²) in [4.78, 5) is 20.1. The Morgan fingerprint density at radius 2 is 1.66 bits per heavy atom. The third-order valence-corrected chi connectivity index (χ3v) is 6.12. The summed E-state index contributed by atoms with van der Waals surface area (Å²) in [5, 5.41) is 3.22. The average molecular weight is 477 g/mol. The summed E-state index contributed by atoms with van der Waals surface area (Å²) >= 11 is 0. The zero-order valence-corrected chi connectivity index (χ0v) is 18.8.